The predicted molar refractivity (Wildman–Crippen MR) is 77.4 cm³/mol. The summed E-state index contributed by atoms with van der Waals surface area (Å²) < 4.78 is 4.74. The lowest BCUT2D eigenvalue weighted by atomic mass is 10.2. The first-order valence-corrected chi connectivity index (χ1v) is 6.78. The Labute approximate surface area is 112 Å². The third-order valence-corrected chi connectivity index (χ3v) is 3.21. The molecule has 0 bridgehead atoms. The van der Waals surface area contributed by atoms with E-state index >= 15 is 0 Å². The van der Waals surface area contributed by atoms with E-state index in [0.29, 0.717) is 5.75 Å². The fourth-order valence-corrected chi connectivity index (χ4v) is 2.03. The van der Waals surface area contributed by atoms with E-state index in [1.54, 1.807) is 24.1 Å². The van der Waals surface area contributed by atoms with Gasteiger partial charge < -0.3 is 4.74 Å². The number of hydrogen-bond donors (Lipinski definition) is 0. The van der Waals surface area contributed by atoms with Crippen LogP contribution in [0.1, 0.15) is 5.56 Å². The molecule has 3 nitrogen and oxygen atoms in total. The van der Waals surface area contributed by atoms with E-state index in [0.717, 1.165) is 11.3 Å². The van der Waals surface area contributed by atoms with Gasteiger partial charge in [-0.15, -0.1) is 6.58 Å². The summed E-state index contributed by atoms with van der Waals surface area (Å²) in [6, 6.07) is 9.22. The monoisotopic (exact) mass is 263 g/mol. The van der Waals surface area contributed by atoms with Crippen molar-refractivity contribution >= 4 is 23.9 Å². The molecule has 0 aromatic heterocycles. The molecule has 0 radical (unpaired) electrons. The maximum absolute atomic E-state index is 11.6. The van der Waals surface area contributed by atoms with Crippen molar-refractivity contribution in [3.8, 4) is 0 Å². The van der Waals surface area contributed by atoms with Gasteiger partial charge in [-0.25, -0.2) is 4.79 Å². The van der Waals surface area contributed by atoms with E-state index in [4.69, 9.17) is 4.74 Å². The van der Waals surface area contributed by atoms with Gasteiger partial charge in [0.1, 0.15) is 0 Å². The standard InChI is InChI=1S/C14H17NO2S/c1-3-9-18-11-13(14(16)17-2)15-10-12-7-5-4-6-8-12/h3-8,10,13H,1,9,11H2,2H3. The molecule has 0 spiro atoms. The number of methoxy groups -OCH3 is 1. The molecular formula is C14H17NO2S. The van der Waals surface area contributed by atoms with Gasteiger partial charge in [-0.1, -0.05) is 36.4 Å². The second kappa shape index (κ2) is 8.53. The van der Waals surface area contributed by atoms with Crippen LogP contribution in [-0.2, 0) is 9.53 Å². The summed E-state index contributed by atoms with van der Waals surface area (Å²) in [4.78, 5) is 15.8. The fraction of sp³-hybridized carbons (Fsp3) is 0.286. The molecule has 0 heterocycles. The average molecular weight is 263 g/mol. The summed E-state index contributed by atoms with van der Waals surface area (Å²) in [5, 5.41) is 0. The van der Waals surface area contributed by atoms with Crippen molar-refractivity contribution in [2.24, 2.45) is 4.99 Å². The zero-order valence-corrected chi connectivity index (χ0v) is 11.2. The SMILES string of the molecule is C=CCSCC(N=Cc1ccccc1)C(=O)OC. The average Bonchev–Trinajstić information content (AvgIpc) is 2.43. The van der Waals surface area contributed by atoms with Crippen LogP contribution in [-0.4, -0.2) is 36.8 Å². The Balaban J connectivity index is 2.63. The molecule has 0 saturated carbocycles. The molecule has 0 fully saturated rings. The molecule has 4 heteroatoms. The fourth-order valence-electron chi connectivity index (χ4n) is 1.29. The Bertz CT molecular complexity index is 404. The summed E-state index contributed by atoms with van der Waals surface area (Å²) in [5.74, 6) is 1.09. The lowest BCUT2D eigenvalue weighted by Crippen LogP contribution is -2.23. The van der Waals surface area contributed by atoms with Gasteiger partial charge in [0.05, 0.1) is 7.11 Å². The highest BCUT2D eigenvalue weighted by Gasteiger charge is 2.16. The number of carbonyl (C=O) groups excluding carboxylic acids is 1. The number of nitrogens with zero attached hydrogens (tertiary/aromatic N) is 1. The minimum atomic E-state index is -0.458. The second-order valence-electron chi connectivity index (χ2n) is 3.55. The zero-order valence-electron chi connectivity index (χ0n) is 10.4. The lowest BCUT2D eigenvalue weighted by molar-refractivity contribution is -0.141. The van der Waals surface area contributed by atoms with Crippen LogP contribution >= 0.6 is 11.8 Å². The van der Waals surface area contributed by atoms with Crippen molar-refractivity contribution < 1.29 is 9.53 Å². The van der Waals surface area contributed by atoms with Crippen LogP contribution < -0.4 is 0 Å². The van der Waals surface area contributed by atoms with Gasteiger partial charge in [0.2, 0.25) is 0 Å². The molecular weight excluding hydrogens is 246 g/mol. The zero-order chi connectivity index (χ0) is 13.2. The van der Waals surface area contributed by atoms with Crippen LogP contribution in [0, 0.1) is 0 Å². The summed E-state index contributed by atoms with van der Waals surface area (Å²) in [5.41, 5.74) is 0.972. The second-order valence-corrected chi connectivity index (χ2v) is 4.63. The van der Waals surface area contributed by atoms with Gasteiger partial charge in [0.15, 0.2) is 6.04 Å². The van der Waals surface area contributed by atoms with Crippen LogP contribution in [0.4, 0.5) is 0 Å². The maximum Gasteiger partial charge on any atom is 0.331 e. The number of rotatable bonds is 7. The van der Waals surface area contributed by atoms with Crippen LogP contribution in [0.5, 0.6) is 0 Å². The summed E-state index contributed by atoms with van der Waals surface area (Å²) in [7, 11) is 1.38. The van der Waals surface area contributed by atoms with Gasteiger partial charge in [-0.2, -0.15) is 11.8 Å². The van der Waals surface area contributed by atoms with Gasteiger partial charge in [0.25, 0.3) is 0 Å². The molecule has 1 atom stereocenters. The van der Waals surface area contributed by atoms with Gasteiger partial charge >= 0.3 is 5.97 Å². The molecule has 1 aromatic rings. The summed E-state index contributed by atoms with van der Waals surface area (Å²) >= 11 is 1.61. The first-order chi connectivity index (χ1) is 8.77. The van der Waals surface area contributed by atoms with Gasteiger partial charge in [-0.05, 0) is 5.56 Å². The van der Waals surface area contributed by atoms with Crippen molar-refractivity contribution in [1.29, 1.82) is 0 Å². The highest BCUT2D eigenvalue weighted by molar-refractivity contribution is 7.99. The van der Waals surface area contributed by atoms with Crippen molar-refractivity contribution in [1.82, 2.24) is 0 Å². The van der Waals surface area contributed by atoms with E-state index in [1.165, 1.54) is 7.11 Å². The number of aliphatic imine (C=N–C) groups is 1. The van der Waals surface area contributed by atoms with Crippen LogP contribution in [0.15, 0.2) is 48.0 Å². The van der Waals surface area contributed by atoms with Crippen molar-refractivity contribution in [2.45, 2.75) is 6.04 Å². The largest absolute Gasteiger partial charge is 0.467 e. The van der Waals surface area contributed by atoms with Crippen molar-refractivity contribution in [3.63, 3.8) is 0 Å². The number of esters is 1. The highest BCUT2D eigenvalue weighted by Crippen LogP contribution is 2.08. The Morgan fingerprint density at radius 3 is 2.83 bits per heavy atom. The van der Waals surface area contributed by atoms with Crippen LogP contribution in [0.25, 0.3) is 0 Å². The third kappa shape index (κ3) is 5.19. The number of thioether (sulfide) groups is 1. The predicted octanol–water partition coefficient (Wildman–Crippen LogP) is 2.57. The minimum absolute atomic E-state index is 0.307. The van der Waals surface area contributed by atoms with Crippen LogP contribution in [0.2, 0.25) is 0 Å². The van der Waals surface area contributed by atoms with Crippen LogP contribution in [0.3, 0.4) is 0 Å². The summed E-state index contributed by atoms with van der Waals surface area (Å²) in [6.45, 7) is 3.64. The van der Waals surface area contributed by atoms with Crippen molar-refractivity contribution in [2.75, 3.05) is 18.6 Å². The smallest absolute Gasteiger partial charge is 0.331 e. The Morgan fingerprint density at radius 1 is 1.50 bits per heavy atom. The van der Waals surface area contributed by atoms with Gasteiger partial charge in [0, 0.05) is 17.7 Å². The molecule has 0 amide bonds. The molecule has 18 heavy (non-hydrogen) atoms. The van der Waals surface area contributed by atoms with E-state index in [1.807, 2.05) is 30.3 Å². The summed E-state index contributed by atoms with van der Waals surface area (Å²) in [6.07, 6.45) is 3.51. The molecule has 1 unspecified atom stereocenters. The molecule has 0 aliphatic rings. The number of ether oxygens (including phenoxy) is 1. The van der Waals surface area contributed by atoms with E-state index in [9.17, 15) is 4.79 Å². The molecule has 96 valence electrons. The van der Waals surface area contributed by atoms with Gasteiger partial charge in [-0.3, -0.25) is 4.99 Å². The molecule has 0 N–H and O–H groups in total. The molecule has 1 rings (SSSR count). The maximum atomic E-state index is 11.6. The first-order valence-electron chi connectivity index (χ1n) is 5.62. The normalized spacial score (nSPS) is 12.3. The number of carbonyl (C=O) groups is 1. The van der Waals surface area contributed by atoms with E-state index in [2.05, 4.69) is 11.6 Å². The molecule has 0 saturated heterocycles. The third-order valence-electron chi connectivity index (χ3n) is 2.19. The molecule has 1 aromatic carbocycles. The van der Waals surface area contributed by atoms with E-state index in [-0.39, 0.29) is 5.97 Å². The quantitative estimate of drug-likeness (QED) is 0.328. The molecule has 0 aliphatic carbocycles. The number of benzene rings is 1. The minimum Gasteiger partial charge on any atom is -0.467 e. The van der Waals surface area contributed by atoms with E-state index < -0.39 is 6.04 Å². The Kier molecular flexibility index (Phi) is 6.87. The lowest BCUT2D eigenvalue weighted by Gasteiger charge is -2.08. The molecule has 0 aliphatic heterocycles. The Hall–Kier alpha value is -1.55. The highest BCUT2D eigenvalue weighted by atomic mass is 32.2. The number of hydrogen-bond acceptors (Lipinski definition) is 4. The Morgan fingerprint density at radius 2 is 2.22 bits per heavy atom. The topological polar surface area (TPSA) is 38.7 Å². The first kappa shape index (κ1) is 14.5. The van der Waals surface area contributed by atoms with Crippen molar-refractivity contribution in [3.05, 3.63) is 48.6 Å².